The summed E-state index contributed by atoms with van der Waals surface area (Å²) in [5.74, 6) is 1.16. The van der Waals surface area contributed by atoms with Gasteiger partial charge in [-0.15, -0.1) is 0 Å². The molecule has 0 bridgehead atoms. The third-order valence-electron chi connectivity index (χ3n) is 7.46. The molecule has 1 aromatic rings. The third-order valence-corrected chi connectivity index (χ3v) is 7.46. The van der Waals surface area contributed by atoms with Crippen LogP contribution in [0.5, 0.6) is 5.75 Å². The molecule has 1 aromatic carbocycles. The van der Waals surface area contributed by atoms with Crippen LogP contribution in [0.3, 0.4) is 0 Å². The molecule has 2 saturated heterocycles. The summed E-state index contributed by atoms with van der Waals surface area (Å²) in [6, 6.07) is 7.72. The van der Waals surface area contributed by atoms with Gasteiger partial charge in [0.05, 0.1) is 18.6 Å². The van der Waals surface area contributed by atoms with Gasteiger partial charge in [-0.2, -0.15) is 0 Å². The summed E-state index contributed by atoms with van der Waals surface area (Å²) in [7, 11) is 0. The van der Waals surface area contributed by atoms with E-state index in [0.29, 0.717) is 32.2 Å². The lowest BCUT2D eigenvalue weighted by Crippen LogP contribution is -2.56. The number of carbonyl (C=O) groups is 2. The fourth-order valence-corrected chi connectivity index (χ4v) is 5.35. The lowest BCUT2D eigenvalue weighted by molar-refractivity contribution is -0.139. The Morgan fingerprint density at radius 3 is 2.44 bits per heavy atom. The van der Waals surface area contributed by atoms with Crippen molar-refractivity contribution in [3.63, 3.8) is 0 Å². The molecule has 2 N–H and O–H groups in total. The number of nitrogens with one attached hydrogen (secondary N) is 2. The smallest absolute Gasteiger partial charge is 0.242 e. The van der Waals surface area contributed by atoms with E-state index in [-0.39, 0.29) is 17.9 Å². The van der Waals surface area contributed by atoms with E-state index >= 15 is 0 Å². The number of hydrogen-bond donors (Lipinski definition) is 2. The molecule has 36 heavy (non-hydrogen) atoms. The van der Waals surface area contributed by atoms with Gasteiger partial charge >= 0.3 is 0 Å². The minimum absolute atomic E-state index is 0.0602. The topological polar surface area (TPSA) is 79.9 Å². The Balaban J connectivity index is 1.68. The van der Waals surface area contributed by atoms with Gasteiger partial charge in [0.1, 0.15) is 11.8 Å². The lowest BCUT2D eigenvalue weighted by atomic mass is 9.73. The average Bonchev–Trinajstić information content (AvgIpc) is 2.84. The van der Waals surface area contributed by atoms with Crippen molar-refractivity contribution < 1.29 is 19.1 Å². The zero-order valence-corrected chi connectivity index (χ0v) is 22.8. The number of hydrogen-bond acceptors (Lipinski definition) is 5. The molecular formula is C29H47N3O4. The van der Waals surface area contributed by atoms with E-state index < -0.39 is 11.5 Å². The number of piperidine rings is 1. The first kappa shape index (κ1) is 28.5. The maximum atomic E-state index is 13.8. The molecule has 0 aliphatic carbocycles. The average molecular weight is 502 g/mol. The second-order valence-corrected chi connectivity index (χ2v) is 11.1. The van der Waals surface area contributed by atoms with Crippen molar-refractivity contribution >= 4 is 11.8 Å². The van der Waals surface area contributed by atoms with Crippen LogP contribution in [0, 0.1) is 11.3 Å². The molecule has 0 unspecified atom stereocenters. The van der Waals surface area contributed by atoms with Gasteiger partial charge in [0.25, 0.3) is 0 Å². The predicted molar refractivity (Wildman–Crippen MR) is 143 cm³/mol. The summed E-state index contributed by atoms with van der Waals surface area (Å²) in [4.78, 5) is 29.3. The molecule has 2 aliphatic heterocycles. The number of nitrogens with zero attached hydrogens (tertiary/aromatic N) is 1. The third kappa shape index (κ3) is 8.48. The Morgan fingerprint density at radius 2 is 1.78 bits per heavy atom. The summed E-state index contributed by atoms with van der Waals surface area (Å²) in [5.41, 5.74) is 0.842. The zero-order chi connectivity index (χ0) is 26.0. The SMILES string of the molecule is CCOc1ccc(CN2CCC3(CCCCCOC[C@@H](C)NC(=O)[C@H](CC(C)C)NC3=O)CC2)cc1. The highest BCUT2D eigenvalue weighted by molar-refractivity contribution is 5.90. The minimum atomic E-state index is -0.512. The van der Waals surface area contributed by atoms with Crippen LogP contribution in [0.1, 0.15) is 78.2 Å². The second-order valence-electron chi connectivity index (χ2n) is 11.1. The van der Waals surface area contributed by atoms with Gasteiger partial charge in [-0.05, 0) is 82.7 Å². The highest BCUT2D eigenvalue weighted by Gasteiger charge is 2.42. The fourth-order valence-electron chi connectivity index (χ4n) is 5.35. The van der Waals surface area contributed by atoms with Gasteiger partial charge in [-0.1, -0.05) is 38.8 Å². The minimum Gasteiger partial charge on any atom is -0.494 e. The lowest BCUT2D eigenvalue weighted by Gasteiger charge is -2.41. The predicted octanol–water partition coefficient (Wildman–Crippen LogP) is 4.29. The first-order valence-electron chi connectivity index (χ1n) is 13.9. The van der Waals surface area contributed by atoms with E-state index in [9.17, 15) is 9.59 Å². The van der Waals surface area contributed by atoms with Gasteiger partial charge in [0.15, 0.2) is 0 Å². The van der Waals surface area contributed by atoms with Gasteiger partial charge in [-0.3, -0.25) is 14.5 Å². The van der Waals surface area contributed by atoms with Crippen molar-refractivity contribution in [3.05, 3.63) is 29.8 Å². The number of rotatable bonds is 6. The zero-order valence-electron chi connectivity index (χ0n) is 22.8. The molecule has 0 aromatic heterocycles. The summed E-state index contributed by atoms with van der Waals surface area (Å²) in [5, 5.41) is 6.24. The van der Waals surface area contributed by atoms with Crippen LogP contribution in [-0.4, -0.2) is 61.7 Å². The highest BCUT2D eigenvalue weighted by Crippen LogP contribution is 2.38. The van der Waals surface area contributed by atoms with Gasteiger partial charge < -0.3 is 20.1 Å². The van der Waals surface area contributed by atoms with Crippen LogP contribution >= 0.6 is 0 Å². The summed E-state index contributed by atoms with van der Waals surface area (Å²) in [6.07, 6.45) is 6.18. The quantitative estimate of drug-likeness (QED) is 0.608. The van der Waals surface area contributed by atoms with Crippen molar-refractivity contribution in [2.45, 2.75) is 91.3 Å². The van der Waals surface area contributed by atoms with Crippen molar-refractivity contribution in [3.8, 4) is 5.75 Å². The Bertz CT molecular complexity index is 818. The fraction of sp³-hybridized carbons (Fsp3) is 0.724. The largest absolute Gasteiger partial charge is 0.494 e. The monoisotopic (exact) mass is 501 g/mol. The summed E-state index contributed by atoms with van der Waals surface area (Å²) >= 11 is 0. The van der Waals surface area contributed by atoms with Gasteiger partial charge in [-0.25, -0.2) is 0 Å². The number of amides is 2. The molecule has 2 heterocycles. The summed E-state index contributed by atoms with van der Waals surface area (Å²) in [6.45, 7) is 12.6. The number of likely N-dealkylation sites (tertiary alicyclic amines) is 1. The van der Waals surface area contributed by atoms with E-state index in [0.717, 1.165) is 63.9 Å². The molecule has 3 rings (SSSR count). The number of ether oxygens (including phenoxy) is 2. The Morgan fingerprint density at radius 1 is 1.06 bits per heavy atom. The van der Waals surface area contributed by atoms with E-state index in [1.54, 1.807) is 0 Å². The Labute approximate surface area is 217 Å². The van der Waals surface area contributed by atoms with Crippen molar-refractivity contribution in [2.75, 3.05) is 32.9 Å². The number of benzene rings is 1. The molecule has 0 radical (unpaired) electrons. The first-order valence-corrected chi connectivity index (χ1v) is 13.9. The molecule has 2 fully saturated rings. The molecule has 202 valence electrons. The molecule has 7 nitrogen and oxygen atoms in total. The molecule has 2 atom stereocenters. The number of carbonyl (C=O) groups excluding carboxylic acids is 2. The van der Waals surface area contributed by atoms with Gasteiger partial charge in [0, 0.05) is 19.2 Å². The second kappa shape index (κ2) is 14.0. The molecule has 1 spiro atoms. The normalized spacial score (nSPS) is 24.7. The standard InChI is InChI=1S/C29H47N3O4/c1-5-36-25-11-9-24(10-12-25)20-32-16-14-29(15-17-32)13-7-6-8-18-35-21-23(4)30-27(33)26(19-22(2)3)31-28(29)34/h9-12,22-23,26H,5-8,13-21H2,1-4H3,(H,30,33)(H,31,34)/t23-,26+/m1/s1. The first-order chi connectivity index (χ1) is 17.3. The maximum absolute atomic E-state index is 13.8. The molecule has 2 amide bonds. The van der Waals surface area contributed by atoms with Crippen LogP contribution in [0.25, 0.3) is 0 Å². The molecule has 2 aliphatic rings. The Kier molecular flexibility index (Phi) is 11.1. The molecular weight excluding hydrogens is 454 g/mol. The van der Waals surface area contributed by atoms with Crippen LogP contribution in [0.4, 0.5) is 0 Å². The van der Waals surface area contributed by atoms with E-state index in [1.807, 2.05) is 26.0 Å². The maximum Gasteiger partial charge on any atom is 0.242 e. The van der Waals surface area contributed by atoms with Gasteiger partial charge in [0.2, 0.25) is 11.8 Å². The van der Waals surface area contributed by atoms with Crippen LogP contribution in [0.2, 0.25) is 0 Å². The van der Waals surface area contributed by atoms with E-state index in [2.05, 4.69) is 41.5 Å². The van der Waals surface area contributed by atoms with Crippen molar-refractivity contribution in [1.29, 1.82) is 0 Å². The van der Waals surface area contributed by atoms with Crippen LogP contribution in [0.15, 0.2) is 24.3 Å². The Hall–Kier alpha value is -2.12. The van der Waals surface area contributed by atoms with Crippen LogP contribution in [-0.2, 0) is 20.9 Å². The highest BCUT2D eigenvalue weighted by atomic mass is 16.5. The summed E-state index contributed by atoms with van der Waals surface area (Å²) < 4.78 is 11.4. The van der Waals surface area contributed by atoms with Crippen molar-refractivity contribution in [1.82, 2.24) is 15.5 Å². The van der Waals surface area contributed by atoms with E-state index in [1.165, 1.54) is 5.56 Å². The van der Waals surface area contributed by atoms with E-state index in [4.69, 9.17) is 9.47 Å². The molecule has 7 heteroatoms. The molecule has 0 saturated carbocycles. The van der Waals surface area contributed by atoms with Crippen molar-refractivity contribution in [2.24, 2.45) is 11.3 Å². The van der Waals surface area contributed by atoms with Crippen LogP contribution < -0.4 is 15.4 Å².